The number of carbonyl (C=O) groups is 2. The van der Waals surface area contributed by atoms with Crippen LogP contribution >= 0.6 is 0 Å². The molecule has 0 aromatic heterocycles. The quantitative estimate of drug-likeness (QED) is 0.721. The summed E-state index contributed by atoms with van der Waals surface area (Å²) >= 11 is 0. The second kappa shape index (κ2) is 8.19. The van der Waals surface area contributed by atoms with Crippen LogP contribution in [-0.4, -0.2) is 91.2 Å². The van der Waals surface area contributed by atoms with Crippen LogP contribution in [0.25, 0.3) is 0 Å². The number of carboxylic acid groups (broad SMARTS) is 1. The van der Waals surface area contributed by atoms with E-state index in [0.29, 0.717) is 32.1 Å². The van der Waals surface area contributed by atoms with Crippen molar-refractivity contribution >= 4 is 12.0 Å². The van der Waals surface area contributed by atoms with Crippen LogP contribution in [-0.2, 0) is 4.79 Å². The van der Waals surface area contributed by atoms with Crippen molar-refractivity contribution in [2.75, 3.05) is 53.4 Å². The third-order valence-corrected chi connectivity index (χ3v) is 3.69. The van der Waals surface area contributed by atoms with Gasteiger partial charge in [-0.1, -0.05) is 13.8 Å². The molecule has 7 heteroatoms. The van der Waals surface area contributed by atoms with Gasteiger partial charge in [-0.25, -0.2) is 4.79 Å². The van der Waals surface area contributed by atoms with E-state index >= 15 is 0 Å². The normalized spacial score (nSPS) is 18.1. The van der Waals surface area contributed by atoms with Gasteiger partial charge < -0.3 is 20.2 Å². The molecule has 0 aliphatic carbocycles. The van der Waals surface area contributed by atoms with Crippen molar-refractivity contribution in [2.24, 2.45) is 5.92 Å². The molecule has 2 N–H and O–H groups in total. The largest absolute Gasteiger partial charge is 0.480 e. The SMILES string of the molecule is CC(C)C(CN(C)C)NC(=O)N1CCN(CC(=O)O)CC1. The van der Waals surface area contributed by atoms with Gasteiger partial charge in [0.05, 0.1) is 6.54 Å². The van der Waals surface area contributed by atoms with Crippen LogP contribution < -0.4 is 5.32 Å². The highest BCUT2D eigenvalue weighted by Crippen LogP contribution is 2.06. The molecular formula is C14H28N4O3. The second-order valence-corrected chi connectivity index (χ2v) is 6.22. The summed E-state index contributed by atoms with van der Waals surface area (Å²) in [7, 11) is 3.98. The van der Waals surface area contributed by atoms with Crippen LogP contribution in [0.3, 0.4) is 0 Å². The lowest BCUT2D eigenvalue weighted by molar-refractivity contribution is -0.138. The van der Waals surface area contributed by atoms with Crippen molar-refractivity contribution in [3.05, 3.63) is 0 Å². The zero-order valence-electron chi connectivity index (χ0n) is 13.5. The Balaban J connectivity index is 2.43. The van der Waals surface area contributed by atoms with Gasteiger partial charge in [-0.2, -0.15) is 0 Å². The fourth-order valence-corrected chi connectivity index (χ4v) is 2.37. The van der Waals surface area contributed by atoms with Crippen molar-refractivity contribution in [1.29, 1.82) is 0 Å². The fourth-order valence-electron chi connectivity index (χ4n) is 2.37. The molecule has 122 valence electrons. The number of amides is 2. The minimum absolute atomic E-state index is 0.0463. The van der Waals surface area contributed by atoms with Gasteiger partial charge in [-0.15, -0.1) is 0 Å². The van der Waals surface area contributed by atoms with Gasteiger partial charge in [-0.3, -0.25) is 9.69 Å². The Morgan fingerprint density at radius 1 is 1.19 bits per heavy atom. The average Bonchev–Trinajstić information content (AvgIpc) is 2.37. The number of carboxylic acids is 1. The fraction of sp³-hybridized carbons (Fsp3) is 0.857. The third kappa shape index (κ3) is 6.31. The Hall–Kier alpha value is -1.34. The third-order valence-electron chi connectivity index (χ3n) is 3.69. The lowest BCUT2D eigenvalue weighted by atomic mass is 10.0. The molecule has 0 saturated carbocycles. The van der Waals surface area contributed by atoms with Crippen LogP contribution in [0.4, 0.5) is 4.79 Å². The lowest BCUT2D eigenvalue weighted by Gasteiger charge is -2.35. The maximum atomic E-state index is 12.3. The van der Waals surface area contributed by atoms with Crippen molar-refractivity contribution in [2.45, 2.75) is 19.9 Å². The van der Waals surface area contributed by atoms with E-state index in [4.69, 9.17) is 5.11 Å². The molecule has 21 heavy (non-hydrogen) atoms. The van der Waals surface area contributed by atoms with E-state index in [0.717, 1.165) is 6.54 Å². The number of carbonyl (C=O) groups excluding carboxylic acids is 1. The highest BCUT2D eigenvalue weighted by atomic mass is 16.4. The van der Waals surface area contributed by atoms with Crippen molar-refractivity contribution in [1.82, 2.24) is 20.0 Å². The number of nitrogens with one attached hydrogen (secondary N) is 1. The van der Waals surface area contributed by atoms with Gasteiger partial charge in [0, 0.05) is 38.8 Å². The molecule has 1 atom stereocenters. The van der Waals surface area contributed by atoms with Gasteiger partial charge >= 0.3 is 12.0 Å². The molecule has 1 heterocycles. The Kier molecular flexibility index (Phi) is 6.91. The average molecular weight is 300 g/mol. The smallest absolute Gasteiger partial charge is 0.317 e. The minimum Gasteiger partial charge on any atom is -0.480 e. The van der Waals surface area contributed by atoms with E-state index in [-0.39, 0.29) is 18.6 Å². The molecule has 0 spiro atoms. The number of urea groups is 1. The second-order valence-electron chi connectivity index (χ2n) is 6.22. The molecular weight excluding hydrogens is 272 g/mol. The van der Waals surface area contributed by atoms with Crippen LogP contribution in [0, 0.1) is 5.92 Å². The Morgan fingerprint density at radius 2 is 1.76 bits per heavy atom. The van der Waals surface area contributed by atoms with Crippen LogP contribution in [0.1, 0.15) is 13.8 Å². The summed E-state index contributed by atoms with van der Waals surface area (Å²) in [5.41, 5.74) is 0. The summed E-state index contributed by atoms with van der Waals surface area (Å²) in [6.45, 7) is 7.42. The predicted molar refractivity (Wildman–Crippen MR) is 81.4 cm³/mol. The predicted octanol–water partition coefficient (Wildman–Crippen LogP) is -0.0156. The van der Waals surface area contributed by atoms with Crippen molar-refractivity contribution in [3.63, 3.8) is 0 Å². The monoisotopic (exact) mass is 300 g/mol. The molecule has 1 saturated heterocycles. The summed E-state index contributed by atoms with van der Waals surface area (Å²) < 4.78 is 0. The van der Waals surface area contributed by atoms with E-state index in [1.807, 2.05) is 19.0 Å². The standard InChI is InChI=1S/C14H28N4O3/c1-11(2)12(9-16(3)4)15-14(21)18-7-5-17(6-8-18)10-13(19)20/h11-12H,5-10H2,1-4H3,(H,15,21)(H,19,20). The molecule has 0 aromatic rings. The summed E-state index contributed by atoms with van der Waals surface area (Å²) in [6, 6.07) is 0.0649. The van der Waals surface area contributed by atoms with E-state index < -0.39 is 5.97 Å². The number of hydrogen-bond acceptors (Lipinski definition) is 4. The van der Waals surface area contributed by atoms with Gasteiger partial charge in [0.1, 0.15) is 0 Å². The number of piperazine rings is 1. The number of likely N-dealkylation sites (N-methyl/N-ethyl adjacent to an activating group) is 1. The van der Waals surface area contributed by atoms with Crippen molar-refractivity contribution < 1.29 is 14.7 Å². The molecule has 0 radical (unpaired) electrons. The number of nitrogens with zero attached hydrogens (tertiary/aromatic N) is 3. The molecule has 0 aromatic carbocycles. The van der Waals surface area contributed by atoms with Gasteiger partial charge in [-0.05, 0) is 20.0 Å². The van der Waals surface area contributed by atoms with E-state index in [1.165, 1.54) is 0 Å². The summed E-state index contributed by atoms with van der Waals surface area (Å²) in [5.74, 6) is -0.455. The van der Waals surface area contributed by atoms with E-state index in [9.17, 15) is 9.59 Å². The first-order valence-corrected chi connectivity index (χ1v) is 7.44. The molecule has 2 amide bonds. The zero-order valence-corrected chi connectivity index (χ0v) is 13.5. The summed E-state index contributed by atoms with van der Waals surface area (Å²) in [5, 5.41) is 11.8. The van der Waals surface area contributed by atoms with E-state index in [2.05, 4.69) is 24.1 Å². The number of rotatable bonds is 6. The highest BCUT2D eigenvalue weighted by molar-refractivity contribution is 5.74. The first-order chi connectivity index (χ1) is 9.79. The Labute approximate surface area is 126 Å². The maximum absolute atomic E-state index is 12.3. The minimum atomic E-state index is -0.821. The van der Waals surface area contributed by atoms with E-state index in [1.54, 1.807) is 4.90 Å². The van der Waals surface area contributed by atoms with Crippen molar-refractivity contribution in [3.8, 4) is 0 Å². The van der Waals surface area contributed by atoms with Crippen LogP contribution in [0.5, 0.6) is 0 Å². The highest BCUT2D eigenvalue weighted by Gasteiger charge is 2.25. The molecule has 1 unspecified atom stereocenters. The first-order valence-electron chi connectivity index (χ1n) is 7.44. The van der Waals surface area contributed by atoms with Gasteiger partial charge in [0.15, 0.2) is 0 Å². The summed E-state index contributed by atoms with van der Waals surface area (Å²) in [4.78, 5) is 28.6. The molecule has 1 aliphatic rings. The zero-order chi connectivity index (χ0) is 16.0. The molecule has 1 aliphatic heterocycles. The van der Waals surface area contributed by atoms with Crippen LogP contribution in [0.2, 0.25) is 0 Å². The first kappa shape index (κ1) is 17.7. The van der Waals surface area contributed by atoms with Gasteiger partial charge in [0.25, 0.3) is 0 Å². The molecule has 0 bridgehead atoms. The summed E-state index contributed by atoms with van der Waals surface area (Å²) in [6.07, 6.45) is 0. The number of aliphatic carboxylic acids is 1. The Bertz CT molecular complexity index is 352. The molecule has 1 rings (SSSR count). The molecule has 1 fully saturated rings. The Morgan fingerprint density at radius 3 is 2.19 bits per heavy atom. The lowest BCUT2D eigenvalue weighted by Crippen LogP contribution is -2.56. The number of hydrogen-bond donors (Lipinski definition) is 2. The van der Waals surface area contributed by atoms with Gasteiger partial charge in [0.2, 0.25) is 0 Å². The maximum Gasteiger partial charge on any atom is 0.317 e. The topological polar surface area (TPSA) is 76.1 Å². The van der Waals surface area contributed by atoms with Crippen LogP contribution in [0.15, 0.2) is 0 Å². The molecule has 7 nitrogen and oxygen atoms in total.